The van der Waals surface area contributed by atoms with Crippen LogP contribution in [0.15, 0.2) is 42.6 Å². The van der Waals surface area contributed by atoms with Crippen LogP contribution < -0.4 is 10.5 Å². The van der Waals surface area contributed by atoms with Gasteiger partial charge in [0.25, 0.3) is 0 Å². The molecule has 0 aliphatic rings. The number of rotatable bonds is 3. The third kappa shape index (κ3) is 3.87. The van der Waals surface area contributed by atoms with Crippen LogP contribution in [0.1, 0.15) is 11.1 Å². The summed E-state index contributed by atoms with van der Waals surface area (Å²) in [5.41, 5.74) is 7.11. The van der Waals surface area contributed by atoms with Gasteiger partial charge in [-0.1, -0.05) is 18.2 Å². The molecule has 0 bridgehead atoms. The van der Waals surface area contributed by atoms with E-state index in [1.54, 1.807) is 24.4 Å². The Balaban J connectivity index is 2.18. The second kappa shape index (κ2) is 5.17. The Morgan fingerprint density at radius 2 is 1.95 bits per heavy atom. The van der Waals surface area contributed by atoms with Crippen molar-refractivity contribution in [2.45, 2.75) is 12.8 Å². The van der Waals surface area contributed by atoms with Crippen molar-refractivity contribution < 1.29 is 17.9 Å². The van der Waals surface area contributed by atoms with E-state index < -0.39 is 6.36 Å². The third-order valence-electron chi connectivity index (χ3n) is 2.45. The highest BCUT2D eigenvalue weighted by Crippen LogP contribution is 2.24. The minimum absolute atomic E-state index is 0.243. The lowest BCUT2D eigenvalue weighted by molar-refractivity contribution is -0.274. The zero-order valence-electron chi connectivity index (χ0n) is 9.82. The van der Waals surface area contributed by atoms with Crippen LogP contribution in [-0.4, -0.2) is 11.3 Å². The van der Waals surface area contributed by atoms with Crippen LogP contribution in [0.25, 0.3) is 0 Å². The van der Waals surface area contributed by atoms with Gasteiger partial charge in [0, 0.05) is 12.6 Å². The number of nitrogens with two attached hydrogens (primary N) is 1. The van der Waals surface area contributed by atoms with Gasteiger partial charge in [0.05, 0.1) is 0 Å². The van der Waals surface area contributed by atoms with E-state index in [0.717, 1.165) is 5.56 Å². The third-order valence-corrected chi connectivity index (χ3v) is 2.45. The van der Waals surface area contributed by atoms with E-state index in [2.05, 4.69) is 9.72 Å². The molecular formula is C13H11F3N2O. The Morgan fingerprint density at radius 3 is 2.63 bits per heavy atom. The highest BCUT2D eigenvalue weighted by atomic mass is 19.4. The molecular weight excluding hydrogens is 257 g/mol. The average molecular weight is 268 g/mol. The lowest BCUT2D eigenvalue weighted by Gasteiger charge is -2.10. The zero-order chi connectivity index (χ0) is 13.9. The first-order chi connectivity index (χ1) is 8.94. The molecule has 0 amide bonds. The predicted molar refractivity (Wildman–Crippen MR) is 64.6 cm³/mol. The molecule has 0 saturated heterocycles. The second-order valence-corrected chi connectivity index (χ2v) is 3.92. The Hall–Kier alpha value is -2.24. The van der Waals surface area contributed by atoms with Crippen LogP contribution in [0.5, 0.6) is 5.75 Å². The molecule has 1 aromatic heterocycles. The minimum atomic E-state index is -4.69. The highest BCUT2D eigenvalue weighted by Gasteiger charge is 2.31. The van der Waals surface area contributed by atoms with Crippen LogP contribution in [0, 0.1) is 0 Å². The van der Waals surface area contributed by atoms with Gasteiger partial charge in [0.15, 0.2) is 0 Å². The predicted octanol–water partition coefficient (Wildman–Crippen LogP) is 3.15. The minimum Gasteiger partial charge on any atom is -0.406 e. The topological polar surface area (TPSA) is 48.1 Å². The fourth-order valence-electron chi connectivity index (χ4n) is 1.67. The molecule has 2 rings (SSSR count). The fraction of sp³-hybridized carbons (Fsp3) is 0.154. The van der Waals surface area contributed by atoms with Crippen molar-refractivity contribution in [3.63, 3.8) is 0 Å². The van der Waals surface area contributed by atoms with Crippen LogP contribution in [-0.2, 0) is 6.42 Å². The first-order valence-corrected chi connectivity index (χ1v) is 5.48. The van der Waals surface area contributed by atoms with Crippen LogP contribution >= 0.6 is 0 Å². The quantitative estimate of drug-likeness (QED) is 0.930. The first kappa shape index (κ1) is 13.2. The zero-order valence-corrected chi connectivity index (χ0v) is 9.82. The van der Waals surface area contributed by atoms with Crippen molar-refractivity contribution in [2.75, 3.05) is 5.73 Å². The van der Waals surface area contributed by atoms with Crippen molar-refractivity contribution in [3.05, 3.63) is 53.7 Å². The molecule has 1 aromatic carbocycles. The Bertz CT molecular complexity index is 570. The smallest absolute Gasteiger partial charge is 0.406 e. The van der Waals surface area contributed by atoms with Crippen molar-refractivity contribution in [1.29, 1.82) is 0 Å². The number of pyridine rings is 1. The van der Waals surface area contributed by atoms with E-state index in [-0.39, 0.29) is 5.75 Å². The number of alkyl halides is 3. The van der Waals surface area contributed by atoms with Crippen molar-refractivity contribution in [2.24, 2.45) is 0 Å². The molecule has 3 nitrogen and oxygen atoms in total. The van der Waals surface area contributed by atoms with Crippen LogP contribution in [0.4, 0.5) is 19.0 Å². The van der Waals surface area contributed by atoms with Gasteiger partial charge in [0.2, 0.25) is 0 Å². The Labute approximate surface area is 107 Å². The number of hydrogen-bond acceptors (Lipinski definition) is 3. The van der Waals surface area contributed by atoms with E-state index in [4.69, 9.17) is 5.73 Å². The van der Waals surface area contributed by atoms with Gasteiger partial charge in [-0.15, -0.1) is 13.2 Å². The van der Waals surface area contributed by atoms with Crippen LogP contribution in [0.2, 0.25) is 0 Å². The number of anilines is 1. The maximum Gasteiger partial charge on any atom is 0.573 e. The summed E-state index contributed by atoms with van der Waals surface area (Å²) in [5, 5.41) is 0. The summed E-state index contributed by atoms with van der Waals surface area (Å²) in [6.07, 6.45) is -2.73. The molecule has 0 fully saturated rings. The Morgan fingerprint density at radius 1 is 1.16 bits per heavy atom. The van der Waals surface area contributed by atoms with Crippen LogP contribution in [0.3, 0.4) is 0 Å². The fourth-order valence-corrected chi connectivity index (χ4v) is 1.67. The number of aromatic nitrogens is 1. The molecule has 0 saturated carbocycles. The van der Waals surface area contributed by atoms with Gasteiger partial charge in [-0.3, -0.25) is 0 Å². The molecule has 100 valence electrons. The molecule has 0 aliphatic carbocycles. The van der Waals surface area contributed by atoms with E-state index in [9.17, 15) is 13.2 Å². The molecule has 0 spiro atoms. The maximum absolute atomic E-state index is 12.1. The largest absolute Gasteiger partial charge is 0.573 e. The van der Waals surface area contributed by atoms with Gasteiger partial charge in [-0.05, 0) is 29.3 Å². The van der Waals surface area contributed by atoms with Gasteiger partial charge in [-0.2, -0.15) is 0 Å². The van der Waals surface area contributed by atoms with Gasteiger partial charge in [-0.25, -0.2) is 4.98 Å². The first-order valence-electron chi connectivity index (χ1n) is 5.48. The summed E-state index contributed by atoms with van der Waals surface area (Å²) < 4.78 is 40.2. The number of nitrogens with zero attached hydrogens (tertiary/aromatic N) is 1. The number of ether oxygens (including phenoxy) is 1. The molecule has 1 heterocycles. The van der Waals surface area contributed by atoms with Crippen molar-refractivity contribution in [1.82, 2.24) is 4.98 Å². The monoisotopic (exact) mass is 268 g/mol. The molecule has 2 aromatic rings. The SMILES string of the molecule is Nc1ncccc1Cc1cccc(OC(F)(F)F)c1. The number of hydrogen-bond donors (Lipinski definition) is 1. The molecule has 2 N–H and O–H groups in total. The van der Waals surface area contributed by atoms with E-state index in [1.807, 2.05) is 0 Å². The van der Waals surface area contributed by atoms with E-state index in [1.165, 1.54) is 18.2 Å². The summed E-state index contributed by atoms with van der Waals surface area (Å²) in [6, 6.07) is 9.30. The number of benzene rings is 1. The average Bonchev–Trinajstić information content (AvgIpc) is 2.30. The summed E-state index contributed by atoms with van der Waals surface area (Å²) in [7, 11) is 0. The molecule has 0 atom stereocenters. The molecule has 0 unspecified atom stereocenters. The molecule has 0 radical (unpaired) electrons. The van der Waals surface area contributed by atoms with Gasteiger partial charge >= 0.3 is 6.36 Å². The standard InChI is InChI=1S/C13H11F3N2O/c14-13(15,16)19-11-5-1-3-9(8-11)7-10-4-2-6-18-12(10)17/h1-6,8H,7H2,(H2,17,18). The number of halogens is 3. The summed E-state index contributed by atoms with van der Waals surface area (Å²) in [6.45, 7) is 0. The summed E-state index contributed by atoms with van der Waals surface area (Å²) >= 11 is 0. The maximum atomic E-state index is 12.1. The lowest BCUT2D eigenvalue weighted by atomic mass is 10.1. The van der Waals surface area contributed by atoms with Gasteiger partial charge < -0.3 is 10.5 Å². The van der Waals surface area contributed by atoms with Crippen molar-refractivity contribution >= 4 is 5.82 Å². The summed E-state index contributed by atoms with van der Waals surface area (Å²) in [4.78, 5) is 3.92. The Kier molecular flexibility index (Phi) is 3.59. The molecule has 0 aliphatic heterocycles. The second-order valence-electron chi connectivity index (χ2n) is 3.92. The van der Waals surface area contributed by atoms with Gasteiger partial charge in [0.1, 0.15) is 11.6 Å². The molecule has 6 heteroatoms. The van der Waals surface area contributed by atoms with Crippen molar-refractivity contribution in [3.8, 4) is 5.75 Å². The number of nitrogen functional groups attached to an aromatic ring is 1. The lowest BCUT2D eigenvalue weighted by Crippen LogP contribution is -2.17. The normalized spacial score (nSPS) is 11.3. The van der Waals surface area contributed by atoms with E-state index >= 15 is 0 Å². The highest BCUT2D eigenvalue weighted by molar-refractivity contribution is 5.42. The van der Waals surface area contributed by atoms with E-state index in [0.29, 0.717) is 17.8 Å². The summed E-state index contributed by atoms with van der Waals surface area (Å²) in [5.74, 6) is 0.122. The molecule has 19 heavy (non-hydrogen) atoms.